The van der Waals surface area contributed by atoms with Gasteiger partial charge in [-0.25, -0.2) is 4.79 Å². The molecule has 5 nitrogen and oxygen atoms in total. The quantitative estimate of drug-likeness (QED) is 0.489. The fourth-order valence-electron chi connectivity index (χ4n) is 0.858. The number of carbonyl (C=O) groups is 2. The van der Waals surface area contributed by atoms with Crippen molar-refractivity contribution < 1.29 is 38.5 Å². The Morgan fingerprint density at radius 2 is 1.78 bits per heavy atom. The zero-order valence-corrected chi connectivity index (χ0v) is 14.9. The Kier molecular flexibility index (Phi) is 9.26. The van der Waals surface area contributed by atoms with Crippen LogP contribution in [0.2, 0.25) is 0 Å². The first kappa shape index (κ1) is 19.7. The van der Waals surface area contributed by atoms with E-state index in [1.54, 1.807) is 20.8 Å². The van der Waals surface area contributed by atoms with Gasteiger partial charge in [-0.2, -0.15) is 0 Å². The van der Waals surface area contributed by atoms with Crippen molar-refractivity contribution in [2.24, 2.45) is 5.92 Å². The van der Waals surface area contributed by atoms with Gasteiger partial charge >= 0.3 is 6.09 Å². The van der Waals surface area contributed by atoms with Crippen LogP contribution in [-0.2, 0) is 33.7 Å². The average Bonchev–Trinajstić information content (AvgIpc) is 2.10. The van der Waals surface area contributed by atoms with Crippen molar-refractivity contribution in [1.82, 2.24) is 5.32 Å². The van der Waals surface area contributed by atoms with E-state index in [1.807, 2.05) is 13.8 Å². The molecule has 0 saturated heterocycles. The van der Waals surface area contributed by atoms with Gasteiger partial charge in [-0.1, -0.05) is 13.8 Å². The summed E-state index contributed by atoms with van der Waals surface area (Å²) in [5.74, 6) is -0.322. The second-order valence-electron chi connectivity index (χ2n) is 5.22. The molecular weight excluding hydrogens is 288 g/mol. The zero-order chi connectivity index (χ0) is 13.6. The number of hydrogen-bond donors (Lipinski definition) is 1. The van der Waals surface area contributed by atoms with Gasteiger partial charge < -0.3 is 21.7 Å². The molecule has 0 fully saturated rings. The predicted molar refractivity (Wildman–Crippen MR) is 64.3 cm³/mol. The minimum Gasteiger partial charge on any atom is -0.466 e. The number of carbonyl (C=O) groups excluding carboxylic acids is 2. The van der Waals surface area contributed by atoms with E-state index in [1.165, 1.54) is 0 Å². The van der Waals surface area contributed by atoms with Gasteiger partial charge in [0.2, 0.25) is 0 Å². The smallest absolute Gasteiger partial charge is 0.405 e. The molecule has 0 radical (unpaired) electrons. The van der Waals surface area contributed by atoms with E-state index < -0.39 is 23.7 Å². The number of ether oxygens (including phenoxy) is 2. The van der Waals surface area contributed by atoms with Crippen LogP contribution in [0.4, 0.5) is 4.79 Å². The Morgan fingerprint density at radius 3 is 2.17 bits per heavy atom. The zero-order valence-electron chi connectivity index (χ0n) is 11.9. The van der Waals surface area contributed by atoms with Crippen LogP contribution in [0.5, 0.6) is 0 Å². The molecule has 1 N–H and O–H groups in total. The Labute approximate surface area is 122 Å². The molecule has 0 aliphatic rings. The minimum atomic E-state index is -0.955. The molecule has 18 heavy (non-hydrogen) atoms. The molecule has 0 saturated carbocycles. The summed E-state index contributed by atoms with van der Waals surface area (Å²) in [4.78, 5) is 22.7. The molecule has 0 bridgehead atoms. The normalized spacial score (nSPS) is 12.4. The van der Waals surface area contributed by atoms with Gasteiger partial charge in [0.1, 0.15) is 5.60 Å². The van der Waals surface area contributed by atoms with Crippen molar-refractivity contribution in [3.63, 3.8) is 0 Å². The molecule has 1 amide bonds. The summed E-state index contributed by atoms with van der Waals surface area (Å²) >= 11 is 0. The predicted octanol–water partition coefficient (Wildman–Crippen LogP) is 1.91. The third-order valence-corrected chi connectivity index (χ3v) is 1.53. The maximum absolute atomic E-state index is 11.4. The van der Waals surface area contributed by atoms with Crippen molar-refractivity contribution in [3.05, 3.63) is 6.92 Å². The molecule has 0 heterocycles. The summed E-state index contributed by atoms with van der Waals surface area (Å²) < 4.78 is 9.91. The van der Waals surface area contributed by atoms with E-state index in [-0.39, 0.29) is 25.4 Å². The first-order chi connectivity index (χ1) is 7.61. The Morgan fingerprint density at radius 1 is 1.28 bits per heavy atom. The van der Waals surface area contributed by atoms with Crippen LogP contribution < -0.4 is 5.32 Å². The van der Waals surface area contributed by atoms with Gasteiger partial charge in [0.25, 0.3) is 5.97 Å². The maximum Gasteiger partial charge on any atom is 0.405 e. The van der Waals surface area contributed by atoms with Crippen molar-refractivity contribution in [2.75, 3.05) is 6.61 Å². The summed E-state index contributed by atoms with van der Waals surface area (Å²) in [7, 11) is 0. The van der Waals surface area contributed by atoms with Gasteiger partial charge in [-0.3, -0.25) is 4.79 Å². The fraction of sp³-hybridized carbons (Fsp3) is 0.750. The molecule has 1 unspecified atom stereocenters. The van der Waals surface area contributed by atoms with Crippen molar-refractivity contribution >= 4 is 12.1 Å². The third-order valence-electron chi connectivity index (χ3n) is 1.53. The van der Waals surface area contributed by atoms with Crippen LogP contribution in [0.3, 0.4) is 0 Å². The molecule has 0 aromatic heterocycles. The molecular formula is C12H22NO4Zn-. The number of alkyl carbamates (subject to hydrolysis) is 1. The van der Waals surface area contributed by atoms with E-state index >= 15 is 0 Å². The molecule has 0 aliphatic heterocycles. The summed E-state index contributed by atoms with van der Waals surface area (Å²) in [6.07, 6.45) is -0.681. The fourth-order valence-corrected chi connectivity index (χ4v) is 0.858. The minimum absolute atomic E-state index is 0. The monoisotopic (exact) mass is 308 g/mol. The second-order valence-corrected chi connectivity index (χ2v) is 5.22. The van der Waals surface area contributed by atoms with Gasteiger partial charge in [0.05, 0.1) is 6.61 Å². The standard InChI is InChI=1S/C12H22NO4.Zn/c1-8(2)7-16-10(14)9(3)13-11(15)17-12(4,5)6;/h8-9H,3,7H2,1-2,4-6H3,(H,13,15);/q-1;. The van der Waals surface area contributed by atoms with Crippen molar-refractivity contribution in [2.45, 2.75) is 46.3 Å². The van der Waals surface area contributed by atoms with E-state index in [4.69, 9.17) is 9.47 Å². The summed E-state index contributed by atoms with van der Waals surface area (Å²) in [5, 5.41) is 2.31. The molecule has 1 atom stereocenters. The van der Waals surface area contributed by atoms with Gasteiger partial charge in [-0.05, 0) is 26.7 Å². The maximum atomic E-state index is 11.4. The summed E-state index contributed by atoms with van der Waals surface area (Å²) in [6, 6.07) is -0.955. The topological polar surface area (TPSA) is 64.6 Å². The molecule has 0 aromatic rings. The number of nitrogens with one attached hydrogen (secondary N) is 1. The Hall–Kier alpha value is -0.637. The van der Waals surface area contributed by atoms with E-state index in [2.05, 4.69) is 12.2 Å². The Balaban J connectivity index is 0. The molecule has 102 valence electrons. The van der Waals surface area contributed by atoms with Crippen LogP contribution in [0.15, 0.2) is 0 Å². The van der Waals surface area contributed by atoms with Crippen LogP contribution in [0, 0.1) is 12.8 Å². The molecule has 0 aliphatic carbocycles. The third kappa shape index (κ3) is 10.5. The largest absolute Gasteiger partial charge is 0.466 e. The molecule has 0 spiro atoms. The van der Waals surface area contributed by atoms with Crippen LogP contribution in [0.1, 0.15) is 34.6 Å². The summed E-state index contributed by atoms with van der Waals surface area (Å²) in [5.41, 5.74) is -0.606. The van der Waals surface area contributed by atoms with E-state index in [9.17, 15) is 9.59 Å². The van der Waals surface area contributed by atoms with Crippen LogP contribution in [-0.4, -0.2) is 30.3 Å². The first-order valence-electron chi connectivity index (χ1n) is 5.61. The van der Waals surface area contributed by atoms with Gasteiger partial charge in [0.15, 0.2) is 0 Å². The number of amides is 1. The molecule has 0 rings (SSSR count). The molecule has 0 aromatic carbocycles. The molecule has 6 heteroatoms. The van der Waals surface area contributed by atoms with Crippen LogP contribution in [0.25, 0.3) is 0 Å². The van der Waals surface area contributed by atoms with Gasteiger partial charge in [0, 0.05) is 25.5 Å². The SMILES string of the molecule is [CH2-]C(NC(=O)OC(C)(C)C)C(=O)OCC(C)C.[Zn]. The van der Waals surface area contributed by atoms with E-state index in [0.29, 0.717) is 6.61 Å². The Bertz CT molecular complexity index is 274. The number of hydrogen-bond acceptors (Lipinski definition) is 4. The first-order valence-corrected chi connectivity index (χ1v) is 5.61. The number of rotatable bonds is 4. The number of esters is 1. The van der Waals surface area contributed by atoms with Crippen molar-refractivity contribution in [3.8, 4) is 0 Å². The summed E-state index contributed by atoms with van der Waals surface area (Å²) in [6.45, 7) is 12.9. The van der Waals surface area contributed by atoms with E-state index in [0.717, 1.165) is 0 Å². The van der Waals surface area contributed by atoms with Crippen molar-refractivity contribution in [1.29, 1.82) is 0 Å². The van der Waals surface area contributed by atoms with Crippen LogP contribution >= 0.6 is 0 Å². The second kappa shape index (κ2) is 8.46. The van der Waals surface area contributed by atoms with Gasteiger partial charge in [-0.15, -0.1) is 0 Å². The average molecular weight is 310 g/mol.